The molecule has 0 saturated heterocycles. The zero-order valence-electron chi connectivity index (χ0n) is 35.9. The number of fused-ring (bicyclic) bond motifs is 4. The number of esters is 2. The smallest absolute Gasteiger partial charge is 0.338 e. The molecule has 0 N–H and O–H groups in total. The van der Waals surface area contributed by atoms with E-state index in [4.69, 9.17) is 18.9 Å². The summed E-state index contributed by atoms with van der Waals surface area (Å²) in [6.07, 6.45) is 2.86. The number of hydrogen-bond donors (Lipinski definition) is 0. The van der Waals surface area contributed by atoms with Gasteiger partial charge in [0.25, 0.3) is 0 Å². The van der Waals surface area contributed by atoms with Gasteiger partial charge in [0.1, 0.15) is 11.2 Å². The monoisotopic (exact) mass is 836 g/mol. The fraction of sp³-hybridized carbons (Fsp3) is 0.429. The van der Waals surface area contributed by atoms with Crippen molar-refractivity contribution in [1.29, 1.82) is 0 Å². The van der Waals surface area contributed by atoms with Crippen molar-refractivity contribution in [3.8, 4) is 0 Å². The average Bonchev–Trinajstić information content (AvgIpc) is 3.16. The van der Waals surface area contributed by atoms with Gasteiger partial charge in [-0.1, -0.05) is 44.5 Å². The Labute approximate surface area is 354 Å². The van der Waals surface area contributed by atoms with Gasteiger partial charge in [0.2, 0.25) is 0 Å². The number of benzene rings is 4. The minimum Gasteiger partial charge on any atom is -0.456 e. The molecule has 0 aliphatic rings. The highest BCUT2D eigenvalue weighted by Gasteiger charge is 2.39. The van der Waals surface area contributed by atoms with Crippen molar-refractivity contribution >= 4 is 75.0 Å². The molecular weight excluding hydrogens is 781 g/mol. The van der Waals surface area contributed by atoms with Gasteiger partial charge in [0, 0.05) is 46.8 Å². The van der Waals surface area contributed by atoms with Crippen LogP contribution in [-0.4, -0.2) is 47.6 Å². The van der Waals surface area contributed by atoms with Crippen molar-refractivity contribution < 1.29 is 28.5 Å². The van der Waals surface area contributed by atoms with Crippen LogP contribution < -0.4 is 10.9 Å². The molecule has 1 atom stereocenters. The summed E-state index contributed by atoms with van der Waals surface area (Å²) >= 11 is 3.05. The van der Waals surface area contributed by atoms with E-state index in [0.29, 0.717) is 45.7 Å². The fourth-order valence-electron chi connectivity index (χ4n) is 7.97. The van der Waals surface area contributed by atoms with Crippen LogP contribution in [0.3, 0.4) is 0 Å². The van der Waals surface area contributed by atoms with E-state index in [2.05, 4.69) is 41.5 Å². The summed E-state index contributed by atoms with van der Waals surface area (Å²) in [6.45, 7) is 20.7. The highest BCUT2D eigenvalue weighted by molar-refractivity contribution is 7.24. The quantitative estimate of drug-likeness (QED) is 0.0701. The van der Waals surface area contributed by atoms with Gasteiger partial charge in [0.05, 0.1) is 35.5 Å². The van der Waals surface area contributed by atoms with Crippen molar-refractivity contribution in [2.75, 3.05) is 13.2 Å². The zero-order chi connectivity index (χ0) is 43.0. The summed E-state index contributed by atoms with van der Waals surface area (Å²) in [5, 5.41) is 2.29. The predicted octanol–water partition coefficient (Wildman–Crippen LogP) is 11.9. The van der Waals surface area contributed by atoms with Crippen LogP contribution in [0.4, 0.5) is 0 Å². The Kier molecular flexibility index (Phi) is 12.6. The van der Waals surface area contributed by atoms with Crippen LogP contribution in [0, 0.1) is 5.41 Å². The Morgan fingerprint density at radius 1 is 0.525 bits per heavy atom. The van der Waals surface area contributed by atoms with Crippen molar-refractivity contribution in [2.24, 2.45) is 5.41 Å². The molecule has 0 bridgehead atoms. The molecular formula is C49H56O8S2. The maximum Gasteiger partial charge on any atom is 0.338 e. The van der Waals surface area contributed by atoms with Crippen molar-refractivity contribution in [2.45, 2.75) is 117 Å². The molecule has 312 valence electrons. The normalized spacial score (nSPS) is 13.9. The molecule has 1 unspecified atom stereocenters. The van der Waals surface area contributed by atoms with Gasteiger partial charge >= 0.3 is 11.9 Å². The molecule has 59 heavy (non-hydrogen) atoms. The highest BCUT2D eigenvalue weighted by atomic mass is 32.1. The summed E-state index contributed by atoms with van der Waals surface area (Å²) in [5.74, 6) is -0.986. The van der Waals surface area contributed by atoms with E-state index in [1.165, 1.54) is 22.7 Å². The van der Waals surface area contributed by atoms with Gasteiger partial charge < -0.3 is 18.9 Å². The lowest BCUT2D eigenvalue weighted by molar-refractivity contribution is -0.123. The van der Waals surface area contributed by atoms with E-state index in [1.807, 2.05) is 88.4 Å². The summed E-state index contributed by atoms with van der Waals surface area (Å²) in [7, 11) is 0. The number of carbonyl (C=O) groups excluding carboxylic acids is 2. The van der Waals surface area contributed by atoms with Gasteiger partial charge in [-0.25, -0.2) is 9.59 Å². The third-order valence-electron chi connectivity index (χ3n) is 10.9. The van der Waals surface area contributed by atoms with Gasteiger partial charge in [-0.3, -0.25) is 9.59 Å². The molecule has 6 aromatic rings. The predicted molar refractivity (Wildman–Crippen MR) is 243 cm³/mol. The summed E-state index contributed by atoms with van der Waals surface area (Å²) in [6, 6.07) is 25.3. The van der Waals surface area contributed by atoms with Gasteiger partial charge in [-0.15, -0.1) is 22.7 Å². The van der Waals surface area contributed by atoms with E-state index in [0.717, 1.165) is 38.1 Å². The Morgan fingerprint density at radius 3 is 1.42 bits per heavy atom. The van der Waals surface area contributed by atoms with Crippen LogP contribution in [-0.2, 0) is 18.9 Å². The molecule has 0 saturated carbocycles. The van der Waals surface area contributed by atoms with Crippen LogP contribution >= 0.6 is 22.7 Å². The first-order chi connectivity index (χ1) is 27.6. The molecule has 8 nitrogen and oxygen atoms in total. The van der Waals surface area contributed by atoms with Crippen LogP contribution in [0.15, 0.2) is 94.5 Å². The lowest BCUT2D eigenvalue weighted by Gasteiger charge is -2.42. The Morgan fingerprint density at radius 2 is 0.949 bits per heavy atom. The van der Waals surface area contributed by atoms with Crippen LogP contribution in [0.1, 0.15) is 116 Å². The number of rotatable bonds is 16. The first-order valence-electron chi connectivity index (χ1n) is 20.2. The SMILES string of the molecule is CCC(C)(CC(C)(C)OCCC(C)(C)OC(=O)c1ccc2sc3ccccc3c(=O)c2c1)CC(C)(C)OCC(C)(C)OC(=O)c1ccc2sc3ccccc3c(=O)c2c1. The second-order valence-corrected chi connectivity index (χ2v) is 20.7. The Balaban J connectivity index is 1.01. The maximum absolute atomic E-state index is 13.4. The fourth-order valence-corrected chi connectivity index (χ4v) is 10.1. The first kappa shape index (κ1) is 44.1. The van der Waals surface area contributed by atoms with Crippen LogP contribution in [0.5, 0.6) is 0 Å². The van der Waals surface area contributed by atoms with Crippen LogP contribution in [0.2, 0.25) is 0 Å². The molecule has 0 aliphatic carbocycles. The molecule has 10 heteroatoms. The molecule has 2 aromatic heterocycles. The third kappa shape index (κ3) is 10.6. The number of hydrogen-bond acceptors (Lipinski definition) is 10. The first-order valence-corrected chi connectivity index (χ1v) is 21.9. The minimum atomic E-state index is -0.931. The minimum absolute atomic E-state index is 0.0917. The van der Waals surface area contributed by atoms with Gasteiger partial charge in [0.15, 0.2) is 10.9 Å². The summed E-state index contributed by atoms with van der Waals surface area (Å²) in [4.78, 5) is 53.1. The van der Waals surface area contributed by atoms with Gasteiger partial charge in [-0.05, 0) is 134 Å². The molecule has 0 aliphatic heterocycles. The third-order valence-corrected chi connectivity index (χ3v) is 13.2. The molecule has 4 aromatic carbocycles. The summed E-state index contributed by atoms with van der Waals surface area (Å²) in [5.41, 5.74) is -2.45. The summed E-state index contributed by atoms with van der Waals surface area (Å²) < 4.78 is 28.4. The maximum atomic E-state index is 13.4. The Bertz CT molecular complexity index is 2650. The standard InChI is InChI=1S/C49H56O8S2/c1-11-49(10,29-47(6,7)55-30-48(8,9)57-44(53)32-21-23-40-36(27-32)42(51)34-17-13-15-19-38(34)59-40)28-46(4,5)54-25-24-45(2,3)56-43(52)31-20-22-39-35(26-31)41(50)33-16-12-14-18-37(33)58-39/h12-23,26-27H,11,24-25,28-30H2,1-10H3. The van der Waals surface area contributed by atoms with Crippen molar-refractivity contribution in [3.05, 3.63) is 117 Å². The van der Waals surface area contributed by atoms with E-state index >= 15 is 0 Å². The molecule has 0 amide bonds. The van der Waals surface area contributed by atoms with E-state index in [9.17, 15) is 19.2 Å². The second kappa shape index (κ2) is 16.9. The second-order valence-electron chi connectivity index (χ2n) is 18.5. The molecule has 6 rings (SSSR count). The number of ether oxygens (including phenoxy) is 4. The van der Waals surface area contributed by atoms with E-state index in [1.54, 1.807) is 24.3 Å². The largest absolute Gasteiger partial charge is 0.456 e. The zero-order valence-corrected chi connectivity index (χ0v) is 37.5. The lowest BCUT2D eigenvalue weighted by Crippen LogP contribution is -2.42. The molecule has 0 spiro atoms. The lowest BCUT2D eigenvalue weighted by atomic mass is 9.71. The van der Waals surface area contributed by atoms with Gasteiger partial charge in [-0.2, -0.15) is 0 Å². The molecule has 0 radical (unpaired) electrons. The number of carbonyl (C=O) groups is 2. The van der Waals surface area contributed by atoms with Crippen molar-refractivity contribution in [3.63, 3.8) is 0 Å². The van der Waals surface area contributed by atoms with E-state index < -0.39 is 34.3 Å². The Hall–Kier alpha value is -4.48. The topological polar surface area (TPSA) is 105 Å². The molecule has 2 heterocycles. The highest BCUT2D eigenvalue weighted by Crippen LogP contribution is 2.42. The average molecular weight is 837 g/mol. The van der Waals surface area contributed by atoms with Crippen LogP contribution in [0.25, 0.3) is 40.3 Å². The molecule has 0 fully saturated rings. The van der Waals surface area contributed by atoms with Crippen molar-refractivity contribution in [1.82, 2.24) is 0 Å². The van der Waals surface area contributed by atoms with E-state index in [-0.39, 0.29) is 22.9 Å².